The molecule has 7 nitrogen and oxygen atoms in total. The molecule has 2 N–H and O–H groups in total. The molecular weight excluding hydrogens is 420 g/mol. The minimum atomic E-state index is -0.931. The van der Waals surface area contributed by atoms with Gasteiger partial charge in [0.1, 0.15) is 12.6 Å². The molecule has 2 atom stereocenters. The van der Waals surface area contributed by atoms with Gasteiger partial charge in [0.2, 0.25) is 5.91 Å². The molecular formula is C26H30N2O5. The summed E-state index contributed by atoms with van der Waals surface area (Å²) in [5, 5.41) is 12.1. The first-order valence-corrected chi connectivity index (χ1v) is 11.4. The van der Waals surface area contributed by atoms with Crippen LogP contribution >= 0.6 is 0 Å². The van der Waals surface area contributed by atoms with E-state index in [1.54, 1.807) is 6.92 Å². The van der Waals surface area contributed by atoms with Crippen molar-refractivity contribution in [2.24, 2.45) is 11.3 Å². The standard InChI is InChI=1S/C26H30N2O5/c1-4-16(2)22(23(29)28-14-26(3,15-28)24(30)31)27-25(32)33-13-21-19-11-7-5-9-17(19)18-10-6-8-12-20(18)21/h5-12,16,21-22H,4,13-15H2,1-3H3,(H,27,32)(H,30,31). The van der Waals surface area contributed by atoms with E-state index in [0.717, 1.165) is 22.3 Å². The molecule has 1 aliphatic heterocycles. The smallest absolute Gasteiger partial charge is 0.407 e. The van der Waals surface area contributed by atoms with Crippen LogP contribution in [0.4, 0.5) is 4.79 Å². The highest BCUT2D eigenvalue weighted by Gasteiger charge is 2.49. The van der Waals surface area contributed by atoms with Crippen LogP contribution in [-0.2, 0) is 14.3 Å². The number of rotatable bonds is 7. The highest BCUT2D eigenvalue weighted by atomic mass is 16.5. The molecule has 0 radical (unpaired) electrons. The van der Waals surface area contributed by atoms with Gasteiger partial charge < -0.3 is 20.1 Å². The molecule has 0 aromatic heterocycles. The Labute approximate surface area is 193 Å². The predicted molar refractivity (Wildman–Crippen MR) is 124 cm³/mol. The van der Waals surface area contributed by atoms with Crippen LogP contribution in [0.5, 0.6) is 0 Å². The highest BCUT2D eigenvalue weighted by molar-refractivity contribution is 5.89. The first-order chi connectivity index (χ1) is 15.7. The number of carboxylic acids is 1. The molecule has 2 aromatic carbocycles. The Morgan fingerprint density at radius 3 is 2.15 bits per heavy atom. The molecule has 1 aliphatic carbocycles. The Morgan fingerprint density at radius 1 is 1.09 bits per heavy atom. The van der Waals surface area contributed by atoms with Gasteiger partial charge in [0.15, 0.2) is 0 Å². The van der Waals surface area contributed by atoms with E-state index in [1.165, 1.54) is 4.90 Å². The number of hydrogen-bond donors (Lipinski definition) is 2. The third-order valence-electron chi connectivity index (χ3n) is 7.00. The van der Waals surface area contributed by atoms with E-state index in [9.17, 15) is 19.5 Å². The number of amides is 2. The summed E-state index contributed by atoms with van der Waals surface area (Å²) < 4.78 is 5.61. The van der Waals surface area contributed by atoms with Crippen molar-refractivity contribution >= 4 is 18.0 Å². The SMILES string of the molecule is CCC(C)C(NC(=O)OCC1c2ccccc2-c2ccccc21)C(=O)N1CC(C)(C(=O)O)C1. The first-order valence-electron chi connectivity index (χ1n) is 11.4. The summed E-state index contributed by atoms with van der Waals surface area (Å²) in [6.45, 7) is 5.91. The number of aliphatic carboxylic acids is 1. The fourth-order valence-corrected chi connectivity index (χ4v) is 4.73. The fraction of sp³-hybridized carbons (Fsp3) is 0.423. The number of hydrogen-bond acceptors (Lipinski definition) is 4. The molecule has 7 heteroatoms. The molecule has 0 bridgehead atoms. The van der Waals surface area contributed by atoms with Crippen LogP contribution in [0, 0.1) is 11.3 Å². The zero-order chi connectivity index (χ0) is 23.8. The van der Waals surface area contributed by atoms with Gasteiger partial charge in [-0.15, -0.1) is 0 Å². The van der Waals surface area contributed by atoms with Crippen molar-refractivity contribution in [3.8, 4) is 11.1 Å². The van der Waals surface area contributed by atoms with Crippen molar-refractivity contribution in [3.05, 3.63) is 59.7 Å². The Bertz CT molecular complexity index is 1030. The number of fused-ring (bicyclic) bond motifs is 3. The van der Waals surface area contributed by atoms with Gasteiger partial charge in [0.05, 0.1) is 5.41 Å². The van der Waals surface area contributed by atoms with Crippen LogP contribution in [0.1, 0.15) is 44.2 Å². The predicted octanol–water partition coefficient (Wildman–Crippen LogP) is 3.87. The van der Waals surface area contributed by atoms with Crippen LogP contribution in [0.15, 0.2) is 48.5 Å². The third-order valence-corrected chi connectivity index (χ3v) is 7.00. The van der Waals surface area contributed by atoms with E-state index >= 15 is 0 Å². The van der Waals surface area contributed by atoms with Gasteiger partial charge >= 0.3 is 12.1 Å². The van der Waals surface area contributed by atoms with Gasteiger partial charge in [-0.1, -0.05) is 68.8 Å². The van der Waals surface area contributed by atoms with Gasteiger partial charge in [-0.3, -0.25) is 9.59 Å². The lowest BCUT2D eigenvalue weighted by molar-refractivity contribution is -0.165. The van der Waals surface area contributed by atoms with Crippen molar-refractivity contribution in [1.29, 1.82) is 0 Å². The molecule has 2 amide bonds. The molecule has 1 saturated heterocycles. The largest absolute Gasteiger partial charge is 0.481 e. The number of carboxylic acid groups (broad SMARTS) is 1. The molecule has 33 heavy (non-hydrogen) atoms. The van der Waals surface area contributed by atoms with E-state index < -0.39 is 23.5 Å². The maximum Gasteiger partial charge on any atom is 0.407 e. The lowest BCUT2D eigenvalue weighted by atomic mass is 9.81. The van der Waals surface area contributed by atoms with Crippen molar-refractivity contribution in [3.63, 3.8) is 0 Å². The number of alkyl carbamates (subject to hydrolysis) is 1. The van der Waals surface area contributed by atoms with E-state index in [2.05, 4.69) is 29.6 Å². The summed E-state index contributed by atoms with van der Waals surface area (Å²) in [5.74, 6) is -1.37. The van der Waals surface area contributed by atoms with E-state index in [1.807, 2.05) is 38.1 Å². The van der Waals surface area contributed by atoms with E-state index in [4.69, 9.17) is 4.74 Å². The number of carbonyl (C=O) groups is 3. The molecule has 0 saturated carbocycles. The molecule has 2 aliphatic rings. The normalized spacial score (nSPS) is 17.8. The number of nitrogens with one attached hydrogen (secondary N) is 1. The molecule has 4 rings (SSSR count). The first kappa shape index (κ1) is 22.8. The van der Waals surface area contributed by atoms with Gasteiger partial charge in [0, 0.05) is 19.0 Å². The fourth-order valence-electron chi connectivity index (χ4n) is 4.73. The Kier molecular flexibility index (Phi) is 6.15. The summed E-state index contributed by atoms with van der Waals surface area (Å²) in [7, 11) is 0. The number of likely N-dealkylation sites (tertiary alicyclic amines) is 1. The van der Waals surface area contributed by atoms with Crippen LogP contribution in [0.2, 0.25) is 0 Å². The lowest BCUT2D eigenvalue weighted by Crippen LogP contribution is -2.64. The van der Waals surface area contributed by atoms with Gasteiger partial charge in [-0.25, -0.2) is 4.79 Å². The van der Waals surface area contributed by atoms with Crippen molar-refractivity contribution in [2.75, 3.05) is 19.7 Å². The van der Waals surface area contributed by atoms with Gasteiger partial charge in [-0.05, 0) is 35.1 Å². The Hall–Kier alpha value is -3.35. The zero-order valence-corrected chi connectivity index (χ0v) is 19.2. The molecule has 2 unspecified atom stereocenters. The summed E-state index contributed by atoms with van der Waals surface area (Å²) >= 11 is 0. The van der Waals surface area contributed by atoms with Crippen molar-refractivity contribution < 1.29 is 24.2 Å². The lowest BCUT2D eigenvalue weighted by Gasteiger charge is -2.46. The zero-order valence-electron chi connectivity index (χ0n) is 19.2. The van der Waals surface area contributed by atoms with Gasteiger partial charge in [0.25, 0.3) is 0 Å². The molecule has 174 valence electrons. The second kappa shape index (κ2) is 8.89. The van der Waals surface area contributed by atoms with E-state index in [-0.39, 0.29) is 37.4 Å². The van der Waals surface area contributed by atoms with Crippen LogP contribution < -0.4 is 5.32 Å². The number of carbonyl (C=O) groups excluding carboxylic acids is 2. The molecule has 0 spiro atoms. The third kappa shape index (κ3) is 4.19. The van der Waals surface area contributed by atoms with Crippen LogP contribution in [-0.4, -0.2) is 53.7 Å². The minimum absolute atomic E-state index is 0.0624. The maximum absolute atomic E-state index is 13.0. The number of ether oxygens (including phenoxy) is 1. The summed E-state index contributed by atoms with van der Waals surface area (Å²) in [5.41, 5.74) is 3.60. The Balaban J connectivity index is 1.42. The monoisotopic (exact) mass is 450 g/mol. The highest BCUT2D eigenvalue weighted by Crippen LogP contribution is 2.44. The Morgan fingerprint density at radius 2 is 1.64 bits per heavy atom. The summed E-state index contributed by atoms with van der Waals surface area (Å²) in [6.07, 6.45) is 0.0430. The molecule has 1 fully saturated rings. The van der Waals surface area contributed by atoms with Crippen molar-refractivity contribution in [2.45, 2.75) is 39.2 Å². The maximum atomic E-state index is 13.0. The number of benzene rings is 2. The van der Waals surface area contributed by atoms with Gasteiger partial charge in [-0.2, -0.15) is 0 Å². The summed E-state index contributed by atoms with van der Waals surface area (Å²) in [6, 6.07) is 15.4. The quantitative estimate of drug-likeness (QED) is 0.668. The molecule has 1 heterocycles. The second-order valence-electron chi connectivity index (χ2n) is 9.39. The van der Waals surface area contributed by atoms with Crippen LogP contribution in [0.25, 0.3) is 11.1 Å². The average Bonchev–Trinajstić information content (AvgIpc) is 3.11. The van der Waals surface area contributed by atoms with E-state index in [0.29, 0.717) is 6.42 Å². The van der Waals surface area contributed by atoms with Crippen LogP contribution in [0.3, 0.4) is 0 Å². The number of nitrogens with zero attached hydrogens (tertiary/aromatic N) is 1. The summed E-state index contributed by atoms with van der Waals surface area (Å²) in [4.78, 5) is 38.6. The van der Waals surface area contributed by atoms with Crippen molar-refractivity contribution in [1.82, 2.24) is 10.2 Å². The second-order valence-corrected chi connectivity index (χ2v) is 9.39. The molecule has 2 aromatic rings. The average molecular weight is 451 g/mol. The minimum Gasteiger partial charge on any atom is -0.481 e. The topological polar surface area (TPSA) is 95.9 Å².